The van der Waals surface area contributed by atoms with Gasteiger partial charge in [-0.2, -0.15) is 5.10 Å². The molecule has 0 bridgehead atoms. The predicted octanol–water partition coefficient (Wildman–Crippen LogP) is 2.54. The van der Waals surface area contributed by atoms with Gasteiger partial charge in [-0.1, -0.05) is 24.3 Å². The van der Waals surface area contributed by atoms with Crippen LogP contribution in [-0.2, 0) is 17.9 Å². The second kappa shape index (κ2) is 7.64. The smallest absolute Gasteiger partial charge is 0.262 e. The summed E-state index contributed by atoms with van der Waals surface area (Å²) in [4.78, 5) is 25.5. The average molecular weight is 416 g/mol. The lowest BCUT2D eigenvalue weighted by atomic mass is 10.2. The van der Waals surface area contributed by atoms with Crippen LogP contribution >= 0.6 is 0 Å². The Morgan fingerprint density at radius 1 is 1.10 bits per heavy atom. The molecule has 1 amide bonds. The molecule has 156 valence electrons. The van der Waals surface area contributed by atoms with Crippen LogP contribution in [0.3, 0.4) is 0 Å². The highest BCUT2D eigenvalue weighted by atomic mass is 16.7. The van der Waals surface area contributed by atoms with Crippen LogP contribution in [0.4, 0.5) is 0 Å². The van der Waals surface area contributed by atoms with Gasteiger partial charge in [-0.05, 0) is 42.8 Å². The SMILES string of the molecule is Cc1nn(-c2ccccc2)c2ccn(CC(=O)NCc3ccc4c(c3)OCO4)c(=O)c12. The lowest BCUT2D eigenvalue weighted by Crippen LogP contribution is -2.31. The van der Waals surface area contributed by atoms with E-state index in [-0.39, 0.29) is 24.8 Å². The molecule has 8 nitrogen and oxygen atoms in total. The zero-order valence-electron chi connectivity index (χ0n) is 16.9. The molecule has 0 radical (unpaired) electrons. The first-order valence-corrected chi connectivity index (χ1v) is 9.89. The van der Waals surface area contributed by atoms with E-state index in [9.17, 15) is 9.59 Å². The lowest BCUT2D eigenvalue weighted by molar-refractivity contribution is -0.121. The number of benzene rings is 2. The molecule has 1 aliphatic heterocycles. The van der Waals surface area contributed by atoms with E-state index in [1.807, 2.05) is 54.6 Å². The molecular weight excluding hydrogens is 396 g/mol. The summed E-state index contributed by atoms with van der Waals surface area (Å²) in [6.45, 7) is 2.26. The van der Waals surface area contributed by atoms with Gasteiger partial charge in [0.2, 0.25) is 12.7 Å². The molecule has 0 unspecified atom stereocenters. The highest BCUT2D eigenvalue weighted by Crippen LogP contribution is 2.32. The number of rotatable bonds is 5. The minimum atomic E-state index is -0.257. The van der Waals surface area contributed by atoms with Crippen LogP contribution in [-0.4, -0.2) is 27.0 Å². The Balaban J connectivity index is 1.34. The van der Waals surface area contributed by atoms with Crippen LogP contribution in [0.2, 0.25) is 0 Å². The van der Waals surface area contributed by atoms with Gasteiger partial charge in [0.15, 0.2) is 11.5 Å². The van der Waals surface area contributed by atoms with Crippen LogP contribution in [0.1, 0.15) is 11.3 Å². The van der Waals surface area contributed by atoms with Gasteiger partial charge in [-0.3, -0.25) is 9.59 Å². The number of carbonyl (C=O) groups is 1. The molecular formula is C23H20N4O4. The van der Waals surface area contributed by atoms with E-state index in [2.05, 4.69) is 10.4 Å². The average Bonchev–Trinajstić information content (AvgIpc) is 3.39. The van der Waals surface area contributed by atoms with Gasteiger partial charge in [0, 0.05) is 12.7 Å². The Kier molecular flexibility index (Phi) is 4.66. The van der Waals surface area contributed by atoms with E-state index in [0.29, 0.717) is 34.6 Å². The highest BCUT2D eigenvalue weighted by molar-refractivity contribution is 5.83. The standard InChI is InChI=1S/C23H20N4O4/c1-15-22-18(27(25-15)17-5-3-2-4-6-17)9-10-26(23(22)29)13-21(28)24-12-16-7-8-19-20(11-16)31-14-30-19/h2-11H,12-14H2,1H3,(H,24,28). The Bertz CT molecular complexity index is 1340. The maximum Gasteiger partial charge on any atom is 0.262 e. The molecule has 0 spiro atoms. The van der Waals surface area contributed by atoms with E-state index >= 15 is 0 Å². The molecule has 5 rings (SSSR count). The minimum absolute atomic E-state index is 0.0741. The number of nitrogens with zero attached hydrogens (tertiary/aromatic N) is 3. The quantitative estimate of drug-likeness (QED) is 0.540. The molecule has 2 aromatic heterocycles. The van der Waals surface area contributed by atoms with Crippen molar-refractivity contribution in [2.75, 3.05) is 6.79 Å². The molecule has 0 atom stereocenters. The number of aryl methyl sites for hydroxylation is 1. The molecule has 4 aromatic rings. The number of carbonyl (C=O) groups excluding carboxylic acids is 1. The summed E-state index contributed by atoms with van der Waals surface area (Å²) in [5.41, 5.74) is 2.86. The summed E-state index contributed by atoms with van der Waals surface area (Å²) in [5.74, 6) is 1.10. The van der Waals surface area contributed by atoms with Crippen LogP contribution in [0.15, 0.2) is 65.6 Å². The number of fused-ring (bicyclic) bond motifs is 2. The van der Waals surface area contributed by atoms with Crippen molar-refractivity contribution in [2.24, 2.45) is 0 Å². The highest BCUT2D eigenvalue weighted by Gasteiger charge is 2.16. The molecule has 0 saturated carbocycles. The molecule has 2 aromatic carbocycles. The fourth-order valence-corrected chi connectivity index (χ4v) is 3.69. The van der Waals surface area contributed by atoms with E-state index in [1.165, 1.54) is 4.57 Å². The van der Waals surface area contributed by atoms with E-state index in [0.717, 1.165) is 11.3 Å². The second-order valence-corrected chi connectivity index (χ2v) is 7.31. The second-order valence-electron chi connectivity index (χ2n) is 7.31. The van der Waals surface area contributed by atoms with Gasteiger partial charge in [-0.25, -0.2) is 4.68 Å². The maximum absolute atomic E-state index is 13.0. The van der Waals surface area contributed by atoms with Crippen molar-refractivity contribution in [1.82, 2.24) is 19.7 Å². The number of nitrogens with one attached hydrogen (secondary N) is 1. The molecule has 0 saturated heterocycles. The van der Waals surface area contributed by atoms with Gasteiger partial charge in [-0.15, -0.1) is 0 Å². The Labute approximate surface area is 177 Å². The number of ether oxygens (including phenoxy) is 2. The molecule has 31 heavy (non-hydrogen) atoms. The van der Waals surface area contributed by atoms with Crippen molar-refractivity contribution >= 4 is 16.8 Å². The summed E-state index contributed by atoms with van der Waals surface area (Å²) in [7, 11) is 0. The number of hydrogen-bond donors (Lipinski definition) is 1. The maximum atomic E-state index is 13.0. The largest absolute Gasteiger partial charge is 0.454 e. The molecule has 1 aliphatic rings. The predicted molar refractivity (Wildman–Crippen MR) is 114 cm³/mol. The number of aromatic nitrogens is 3. The summed E-state index contributed by atoms with van der Waals surface area (Å²) < 4.78 is 13.8. The third-order valence-electron chi connectivity index (χ3n) is 5.22. The first-order chi connectivity index (χ1) is 15.1. The zero-order chi connectivity index (χ0) is 21.4. The van der Waals surface area contributed by atoms with Crippen LogP contribution in [0.25, 0.3) is 16.6 Å². The first-order valence-electron chi connectivity index (χ1n) is 9.89. The Morgan fingerprint density at radius 2 is 1.90 bits per heavy atom. The van der Waals surface area contributed by atoms with Crippen molar-refractivity contribution < 1.29 is 14.3 Å². The number of pyridine rings is 1. The van der Waals surface area contributed by atoms with Gasteiger partial charge in [0.1, 0.15) is 6.54 Å². The fraction of sp³-hybridized carbons (Fsp3) is 0.174. The van der Waals surface area contributed by atoms with Crippen LogP contribution in [0, 0.1) is 6.92 Å². The summed E-state index contributed by atoms with van der Waals surface area (Å²) in [6.07, 6.45) is 1.63. The third-order valence-corrected chi connectivity index (χ3v) is 5.22. The van der Waals surface area contributed by atoms with Crippen molar-refractivity contribution in [1.29, 1.82) is 0 Å². The molecule has 8 heteroatoms. The summed E-state index contributed by atoms with van der Waals surface area (Å²) in [6, 6.07) is 17.0. The van der Waals surface area contributed by atoms with Gasteiger partial charge >= 0.3 is 0 Å². The third kappa shape index (κ3) is 3.52. The Hall–Kier alpha value is -4.07. The van der Waals surface area contributed by atoms with E-state index < -0.39 is 0 Å². The first kappa shape index (κ1) is 18.9. The number of para-hydroxylation sites is 1. The van der Waals surface area contributed by atoms with Gasteiger partial charge in [0.05, 0.1) is 22.3 Å². The van der Waals surface area contributed by atoms with Crippen LogP contribution < -0.4 is 20.3 Å². The molecule has 1 N–H and O–H groups in total. The van der Waals surface area contributed by atoms with Crippen molar-refractivity contribution in [3.63, 3.8) is 0 Å². The van der Waals surface area contributed by atoms with E-state index in [1.54, 1.807) is 17.8 Å². The zero-order valence-corrected chi connectivity index (χ0v) is 16.9. The van der Waals surface area contributed by atoms with Gasteiger partial charge in [0.25, 0.3) is 5.56 Å². The molecule has 3 heterocycles. The molecule has 0 fully saturated rings. The van der Waals surface area contributed by atoms with Crippen LogP contribution in [0.5, 0.6) is 11.5 Å². The lowest BCUT2D eigenvalue weighted by Gasteiger charge is -2.09. The summed E-state index contributed by atoms with van der Waals surface area (Å²) in [5, 5.41) is 7.88. The van der Waals surface area contributed by atoms with Crippen molar-refractivity contribution in [3.8, 4) is 17.2 Å². The Morgan fingerprint density at radius 3 is 2.74 bits per heavy atom. The molecule has 0 aliphatic carbocycles. The number of hydrogen-bond acceptors (Lipinski definition) is 5. The minimum Gasteiger partial charge on any atom is -0.454 e. The van der Waals surface area contributed by atoms with Crippen molar-refractivity contribution in [3.05, 3.63) is 82.4 Å². The van der Waals surface area contributed by atoms with Crippen molar-refractivity contribution in [2.45, 2.75) is 20.0 Å². The van der Waals surface area contributed by atoms with Gasteiger partial charge < -0.3 is 19.4 Å². The monoisotopic (exact) mass is 416 g/mol. The fourth-order valence-electron chi connectivity index (χ4n) is 3.69. The normalized spacial score (nSPS) is 12.3. The summed E-state index contributed by atoms with van der Waals surface area (Å²) >= 11 is 0. The topological polar surface area (TPSA) is 87.4 Å². The van der Waals surface area contributed by atoms with E-state index in [4.69, 9.17) is 9.47 Å². The number of amides is 1.